The molecule has 12 rings (SSSR count). The molecule has 0 saturated heterocycles. The third kappa shape index (κ3) is 6.83. The molecule has 0 unspecified atom stereocenters. The highest BCUT2D eigenvalue weighted by molar-refractivity contribution is 6.50. The van der Waals surface area contributed by atoms with Gasteiger partial charge in [0.2, 0.25) is 0 Å². The van der Waals surface area contributed by atoms with E-state index in [2.05, 4.69) is 201 Å². The molecule has 9 aromatic rings. The van der Waals surface area contributed by atoms with Gasteiger partial charge in [0.15, 0.2) is 0 Å². The second kappa shape index (κ2) is 16.8. The largest absolute Gasteiger partial charge is 0.557 e. The van der Waals surface area contributed by atoms with E-state index < -0.39 is 13.2 Å². The van der Waals surface area contributed by atoms with Crippen LogP contribution in [0.2, 0.25) is 0 Å². The zero-order chi connectivity index (χ0) is 45.7. The summed E-state index contributed by atoms with van der Waals surface area (Å²) in [6.07, 6.45) is 4.26. The summed E-state index contributed by atoms with van der Waals surface area (Å²) in [5.74, 6) is -0.967. The lowest BCUT2D eigenvalue weighted by Crippen LogP contribution is -2.52. The number of nitrogens with zero attached hydrogens (tertiary/aromatic N) is 5. The Bertz CT molecular complexity index is 3520. The van der Waals surface area contributed by atoms with E-state index >= 15 is 0 Å². The summed E-state index contributed by atoms with van der Waals surface area (Å²) in [5.41, 5.74) is 15.8. The molecule has 1 N–H and O–H groups in total. The molecule has 3 aliphatic rings. The summed E-state index contributed by atoms with van der Waals surface area (Å²) in [5, 5.41) is 11.7. The zero-order valence-electron chi connectivity index (χ0n) is 37.0. The fourth-order valence-electron chi connectivity index (χ4n) is 9.97. The fourth-order valence-corrected chi connectivity index (χ4v) is 9.97. The molecule has 2 aromatic heterocycles. The van der Waals surface area contributed by atoms with Gasteiger partial charge in [-0.05, 0) is 138 Å². The van der Waals surface area contributed by atoms with Gasteiger partial charge < -0.3 is 28.5 Å². The Balaban J connectivity index is 1.08. The predicted octanol–water partition coefficient (Wildman–Crippen LogP) is 11.5. The maximum Gasteiger partial charge on any atom is 0.557 e. The molecule has 0 fully saturated rings. The Kier molecular flexibility index (Phi) is 10.0. The van der Waals surface area contributed by atoms with E-state index in [9.17, 15) is 9.90 Å². The summed E-state index contributed by atoms with van der Waals surface area (Å²) < 4.78 is 11.2. The smallest absolute Gasteiger partial charge is 0.478 e. The molecule has 7 aromatic carbocycles. The van der Waals surface area contributed by atoms with Crippen molar-refractivity contribution in [3.63, 3.8) is 0 Å². The van der Waals surface area contributed by atoms with E-state index in [4.69, 9.17) is 9.65 Å². The lowest BCUT2D eigenvalue weighted by Gasteiger charge is -2.29. The Hall–Kier alpha value is -8.92. The van der Waals surface area contributed by atoms with E-state index in [1.165, 1.54) is 0 Å². The number of carboxylic acids is 1. The molecule has 9 heteroatoms. The van der Waals surface area contributed by atoms with E-state index in [0.717, 1.165) is 101 Å². The van der Waals surface area contributed by atoms with Crippen molar-refractivity contribution in [2.24, 2.45) is 4.99 Å². The molecule has 5 heterocycles. The Morgan fingerprint density at radius 2 is 0.853 bits per heavy atom. The highest BCUT2D eigenvalue weighted by atomic mass is 16.4. The fraction of sp³-hybridized carbons (Fsp3) is 0.0169. The van der Waals surface area contributed by atoms with Crippen molar-refractivity contribution in [1.29, 1.82) is 0 Å². The standard InChI is InChI=1S/C59H42BN5O3/c1-68-60-64-52-36-38-54(64)58(42-22-24-43(25-23-42)59(66)67)55-39-37-53(65(55)60)57(41-28-32-49(33-29-41)63(46-18-10-4-11-19-46)47-20-12-5-13-21-47)51-35-34-50(61-51)56(52)40-26-30-48(31-27-40)62(44-14-6-2-7-15-44)45-16-8-3-9-17-45/h2-39H,1H3,(H,66,67). The second-order valence-corrected chi connectivity index (χ2v) is 16.8. The lowest BCUT2D eigenvalue weighted by molar-refractivity contribution is 0.0697. The first-order chi connectivity index (χ1) is 33.5. The van der Waals surface area contributed by atoms with Crippen molar-refractivity contribution >= 4 is 69.7 Å². The first kappa shape index (κ1) is 40.6. The van der Waals surface area contributed by atoms with Crippen LogP contribution in [0.4, 0.5) is 34.1 Å². The van der Waals surface area contributed by atoms with E-state index in [0.29, 0.717) is 0 Å². The van der Waals surface area contributed by atoms with Crippen LogP contribution in [0.25, 0.3) is 16.7 Å². The van der Waals surface area contributed by atoms with Crippen LogP contribution in [-0.2, 0) is 4.65 Å². The third-order valence-corrected chi connectivity index (χ3v) is 13.0. The number of allylic oxidation sites excluding steroid dienone is 2. The number of hydrogen-bond donors (Lipinski definition) is 1. The number of hydrogen-bond acceptors (Lipinski definition) is 5. The molecule has 4 bridgehead atoms. The maximum atomic E-state index is 12.0. The Morgan fingerprint density at radius 1 is 0.456 bits per heavy atom. The summed E-state index contributed by atoms with van der Waals surface area (Å²) in [7, 11) is 1.17. The monoisotopic (exact) mass is 879 g/mol. The molecule has 0 radical (unpaired) electrons. The number of carboxylic acid groups (broad SMARTS) is 1. The van der Waals surface area contributed by atoms with Gasteiger partial charge in [-0.2, -0.15) is 0 Å². The average molecular weight is 880 g/mol. The van der Waals surface area contributed by atoms with Gasteiger partial charge in [0.1, 0.15) is 0 Å². The molecule has 0 atom stereocenters. The molecule has 0 spiro atoms. The minimum atomic E-state index is -0.967. The van der Waals surface area contributed by atoms with Crippen LogP contribution in [0.15, 0.2) is 241 Å². The predicted molar refractivity (Wildman–Crippen MR) is 274 cm³/mol. The van der Waals surface area contributed by atoms with Crippen molar-refractivity contribution in [2.45, 2.75) is 0 Å². The number of aliphatic imine (C=N–C) groups is 1. The number of anilines is 6. The Morgan fingerprint density at radius 3 is 1.31 bits per heavy atom. The average Bonchev–Trinajstić information content (AvgIpc) is 4.16. The molecule has 0 saturated carbocycles. The van der Waals surface area contributed by atoms with Gasteiger partial charge in [0.05, 0.1) is 17.0 Å². The number of aromatic carboxylic acids is 1. The van der Waals surface area contributed by atoms with Crippen LogP contribution in [-0.4, -0.2) is 40.0 Å². The molecule has 0 amide bonds. The van der Waals surface area contributed by atoms with E-state index in [-0.39, 0.29) is 5.56 Å². The summed E-state index contributed by atoms with van der Waals surface area (Å²) in [4.78, 5) is 22.1. The zero-order valence-corrected chi connectivity index (χ0v) is 37.0. The second-order valence-electron chi connectivity index (χ2n) is 16.8. The summed E-state index contributed by atoms with van der Waals surface area (Å²) in [6.45, 7) is 0. The highest BCUT2D eigenvalue weighted by Crippen LogP contribution is 2.41. The minimum absolute atomic E-state index is 0.229. The highest BCUT2D eigenvalue weighted by Gasteiger charge is 2.37. The maximum absolute atomic E-state index is 12.0. The van der Waals surface area contributed by atoms with Crippen LogP contribution < -0.4 is 20.5 Å². The minimum Gasteiger partial charge on any atom is -0.478 e. The molecule has 0 aliphatic carbocycles. The van der Waals surface area contributed by atoms with Crippen molar-refractivity contribution in [3.05, 3.63) is 281 Å². The number of para-hydroxylation sites is 4. The van der Waals surface area contributed by atoms with Gasteiger partial charge in [-0.1, -0.05) is 109 Å². The molecule has 8 nitrogen and oxygen atoms in total. The van der Waals surface area contributed by atoms with Gasteiger partial charge in [-0.15, -0.1) is 0 Å². The molecular weight excluding hydrogens is 837 g/mol. The van der Waals surface area contributed by atoms with Crippen molar-refractivity contribution in [2.75, 3.05) is 16.9 Å². The van der Waals surface area contributed by atoms with Gasteiger partial charge >= 0.3 is 13.2 Å². The number of aromatic nitrogens is 2. The number of benzene rings is 7. The number of rotatable bonds is 11. The van der Waals surface area contributed by atoms with Crippen LogP contribution >= 0.6 is 0 Å². The number of fused-ring (bicyclic) bond motifs is 1. The van der Waals surface area contributed by atoms with Gasteiger partial charge in [0.25, 0.3) is 0 Å². The Labute approximate surface area is 394 Å². The SMILES string of the molecule is COB1n2c3ccc2C(c2ccc(C(=O)O)cc2)=c2ccc(n21)=C(c1ccc(N(c2ccccc2)c2ccccc2)cc1)C1=NC(=C3c2ccc(N(c3ccccc3)c3ccccc3)cc2)C=C1. The van der Waals surface area contributed by atoms with Gasteiger partial charge in [0, 0.05) is 80.0 Å². The van der Waals surface area contributed by atoms with Crippen molar-refractivity contribution in [3.8, 4) is 0 Å². The van der Waals surface area contributed by atoms with Crippen LogP contribution in [0, 0.1) is 0 Å². The molecular formula is C59H42BN5O3. The van der Waals surface area contributed by atoms with Crippen molar-refractivity contribution in [1.82, 2.24) is 8.96 Å². The van der Waals surface area contributed by atoms with Crippen molar-refractivity contribution < 1.29 is 14.6 Å². The van der Waals surface area contributed by atoms with E-state index in [1.807, 2.05) is 36.4 Å². The van der Waals surface area contributed by atoms with E-state index in [1.54, 1.807) is 19.2 Å². The first-order valence-electron chi connectivity index (χ1n) is 22.6. The lowest BCUT2D eigenvalue weighted by atomic mass is 9.88. The van der Waals surface area contributed by atoms with Crippen LogP contribution in [0.5, 0.6) is 0 Å². The normalized spacial score (nSPS) is 13.4. The number of carbonyl (C=O) groups is 1. The summed E-state index contributed by atoms with van der Waals surface area (Å²) in [6, 6.07) is 74.9. The summed E-state index contributed by atoms with van der Waals surface area (Å²) >= 11 is 0. The van der Waals surface area contributed by atoms with Gasteiger partial charge in [-0.3, -0.25) is 0 Å². The van der Waals surface area contributed by atoms with Crippen LogP contribution in [0.3, 0.4) is 0 Å². The van der Waals surface area contributed by atoms with Crippen LogP contribution in [0.1, 0.15) is 38.4 Å². The molecule has 68 heavy (non-hydrogen) atoms. The molecule has 324 valence electrons. The molecule has 3 aliphatic heterocycles. The first-order valence-corrected chi connectivity index (χ1v) is 22.6. The third-order valence-electron chi connectivity index (χ3n) is 13.0. The topological polar surface area (TPSA) is 75.2 Å². The quantitative estimate of drug-likeness (QED) is 0.131. The van der Waals surface area contributed by atoms with Gasteiger partial charge in [-0.25, -0.2) is 9.79 Å².